The standard InChI is InChI=1S/C9H8FNO4/c1-5(12)6-3-8(11(13)14)9(15-2)4-7(6)10/h3-4H,1-2H3. The van der Waals surface area contributed by atoms with E-state index in [-0.39, 0.29) is 11.3 Å². The molecule has 0 bridgehead atoms. The van der Waals surface area contributed by atoms with E-state index in [1.807, 2.05) is 0 Å². The lowest BCUT2D eigenvalue weighted by molar-refractivity contribution is -0.385. The third kappa shape index (κ3) is 2.09. The molecule has 0 saturated carbocycles. The molecule has 1 aromatic carbocycles. The van der Waals surface area contributed by atoms with E-state index in [1.165, 1.54) is 7.11 Å². The van der Waals surface area contributed by atoms with Crippen LogP contribution in [0.1, 0.15) is 17.3 Å². The second-order valence-corrected chi connectivity index (χ2v) is 2.82. The molecule has 1 aromatic rings. The Kier molecular flexibility index (Phi) is 2.99. The van der Waals surface area contributed by atoms with Crippen molar-refractivity contribution in [1.82, 2.24) is 0 Å². The molecule has 1 rings (SSSR count). The minimum atomic E-state index is -0.829. The Hall–Kier alpha value is -1.98. The molecule has 0 saturated heterocycles. The fourth-order valence-corrected chi connectivity index (χ4v) is 1.12. The number of nitro groups is 1. The van der Waals surface area contributed by atoms with Crippen molar-refractivity contribution in [3.8, 4) is 5.75 Å². The SMILES string of the molecule is COc1cc(F)c(C(C)=O)cc1[N+](=O)[O-]. The van der Waals surface area contributed by atoms with Gasteiger partial charge in [-0.1, -0.05) is 0 Å². The first-order valence-electron chi connectivity index (χ1n) is 4.00. The Balaban J connectivity index is 3.43. The molecule has 0 radical (unpaired) electrons. The van der Waals surface area contributed by atoms with Crippen molar-refractivity contribution in [2.24, 2.45) is 0 Å². The average molecular weight is 213 g/mol. The van der Waals surface area contributed by atoms with E-state index in [0.717, 1.165) is 19.1 Å². The Morgan fingerprint density at radius 2 is 2.13 bits per heavy atom. The third-order valence-electron chi connectivity index (χ3n) is 1.84. The molecular weight excluding hydrogens is 205 g/mol. The molecular formula is C9H8FNO4. The van der Waals surface area contributed by atoms with E-state index < -0.39 is 22.2 Å². The summed E-state index contributed by atoms with van der Waals surface area (Å²) in [5.41, 5.74) is -0.744. The third-order valence-corrected chi connectivity index (χ3v) is 1.84. The minimum Gasteiger partial charge on any atom is -0.490 e. The van der Waals surface area contributed by atoms with Gasteiger partial charge in [-0.05, 0) is 6.92 Å². The van der Waals surface area contributed by atoms with Crippen LogP contribution in [0.3, 0.4) is 0 Å². The Morgan fingerprint density at radius 3 is 2.53 bits per heavy atom. The maximum absolute atomic E-state index is 13.2. The highest BCUT2D eigenvalue weighted by molar-refractivity contribution is 5.95. The van der Waals surface area contributed by atoms with Crippen LogP contribution in [0.4, 0.5) is 10.1 Å². The number of ketones is 1. The van der Waals surface area contributed by atoms with Crippen LogP contribution in [0.5, 0.6) is 5.75 Å². The number of ether oxygens (including phenoxy) is 1. The summed E-state index contributed by atoms with van der Waals surface area (Å²) < 4.78 is 17.8. The number of benzene rings is 1. The summed E-state index contributed by atoms with van der Waals surface area (Å²) >= 11 is 0. The lowest BCUT2D eigenvalue weighted by Gasteiger charge is -2.04. The van der Waals surface area contributed by atoms with Gasteiger partial charge in [-0.3, -0.25) is 14.9 Å². The molecule has 0 spiro atoms. The summed E-state index contributed by atoms with van der Waals surface area (Å²) in [6, 6.07) is 1.70. The van der Waals surface area contributed by atoms with Crippen molar-refractivity contribution in [3.63, 3.8) is 0 Å². The number of halogens is 1. The Morgan fingerprint density at radius 1 is 1.53 bits per heavy atom. The van der Waals surface area contributed by atoms with Crippen LogP contribution >= 0.6 is 0 Å². The second-order valence-electron chi connectivity index (χ2n) is 2.82. The average Bonchev–Trinajstić information content (AvgIpc) is 2.16. The lowest BCUT2D eigenvalue weighted by Crippen LogP contribution is -2.01. The number of Topliss-reactive ketones (excluding diaryl/α,β-unsaturated/α-hetero) is 1. The topological polar surface area (TPSA) is 69.4 Å². The van der Waals surface area contributed by atoms with Crippen LogP contribution in [0.15, 0.2) is 12.1 Å². The number of hydrogen-bond acceptors (Lipinski definition) is 4. The molecule has 0 aliphatic carbocycles. The predicted octanol–water partition coefficient (Wildman–Crippen LogP) is 1.95. The first-order chi connectivity index (χ1) is 6.97. The number of carbonyl (C=O) groups excluding carboxylic acids is 1. The van der Waals surface area contributed by atoms with Crippen LogP contribution < -0.4 is 4.74 Å². The van der Waals surface area contributed by atoms with Crippen LogP contribution in [0.2, 0.25) is 0 Å². The van der Waals surface area contributed by atoms with Gasteiger partial charge in [-0.2, -0.15) is 0 Å². The fourth-order valence-electron chi connectivity index (χ4n) is 1.12. The van der Waals surface area contributed by atoms with E-state index in [1.54, 1.807) is 0 Å². The number of nitrogens with zero attached hydrogens (tertiary/aromatic N) is 1. The molecule has 15 heavy (non-hydrogen) atoms. The molecule has 0 aromatic heterocycles. The molecule has 0 N–H and O–H groups in total. The van der Waals surface area contributed by atoms with Gasteiger partial charge in [0.15, 0.2) is 11.5 Å². The smallest absolute Gasteiger partial charge is 0.311 e. The highest BCUT2D eigenvalue weighted by Crippen LogP contribution is 2.29. The Bertz CT molecular complexity index is 430. The van der Waals surface area contributed by atoms with Gasteiger partial charge in [0.05, 0.1) is 17.6 Å². The van der Waals surface area contributed by atoms with Gasteiger partial charge >= 0.3 is 5.69 Å². The molecule has 0 aliphatic rings. The van der Waals surface area contributed by atoms with Crippen molar-refractivity contribution in [3.05, 3.63) is 33.6 Å². The molecule has 6 heteroatoms. The summed E-state index contributed by atoms with van der Waals surface area (Å²) in [5.74, 6) is -1.61. The molecule has 0 heterocycles. The zero-order chi connectivity index (χ0) is 11.6. The Labute approximate surface area is 84.6 Å². The van der Waals surface area contributed by atoms with Crippen molar-refractivity contribution < 1.29 is 18.8 Å². The van der Waals surface area contributed by atoms with Gasteiger partial charge in [0, 0.05) is 12.1 Å². The van der Waals surface area contributed by atoms with E-state index in [9.17, 15) is 19.3 Å². The molecule has 0 unspecified atom stereocenters. The van der Waals surface area contributed by atoms with Crippen LogP contribution in [0.25, 0.3) is 0 Å². The highest BCUT2D eigenvalue weighted by Gasteiger charge is 2.20. The summed E-state index contributed by atoms with van der Waals surface area (Å²) in [7, 11) is 1.19. The summed E-state index contributed by atoms with van der Waals surface area (Å²) in [5, 5.41) is 10.6. The first kappa shape index (κ1) is 11.1. The second kappa shape index (κ2) is 4.04. The summed E-state index contributed by atoms with van der Waals surface area (Å²) in [6.45, 7) is 1.13. The largest absolute Gasteiger partial charge is 0.490 e. The normalized spacial score (nSPS) is 9.80. The van der Waals surface area contributed by atoms with E-state index in [4.69, 9.17) is 0 Å². The van der Waals surface area contributed by atoms with Crippen molar-refractivity contribution in [1.29, 1.82) is 0 Å². The zero-order valence-corrected chi connectivity index (χ0v) is 8.11. The number of methoxy groups -OCH3 is 1. The lowest BCUT2D eigenvalue weighted by atomic mass is 10.1. The summed E-state index contributed by atoms with van der Waals surface area (Å²) in [6.07, 6.45) is 0. The van der Waals surface area contributed by atoms with Crippen LogP contribution in [0, 0.1) is 15.9 Å². The number of nitro benzene ring substituents is 1. The number of carbonyl (C=O) groups is 1. The monoisotopic (exact) mass is 213 g/mol. The predicted molar refractivity (Wildman–Crippen MR) is 49.6 cm³/mol. The number of hydrogen-bond donors (Lipinski definition) is 0. The van der Waals surface area contributed by atoms with Gasteiger partial charge in [-0.15, -0.1) is 0 Å². The van der Waals surface area contributed by atoms with Crippen molar-refractivity contribution >= 4 is 11.5 Å². The fraction of sp³-hybridized carbons (Fsp3) is 0.222. The van der Waals surface area contributed by atoms with Crippen LogP contribution in [-0.4, -0.2) is 17.8 Å². The van der Waals surface area contributed by atoms with Gasteiger partial charge < -0.3 is 4.74 Å². The molecule has 0 fully saturated rings. The number of rotatable bonds is 3. The molecule has 0 atom stereocenters. The van der Waals surface area contributed by atoms with Gasteiger partial charge in [0.2, 0.25) is 0 Å². The zero-order valence-electron chi connectivity index (χ0n) is 8.11. The van der Waals surface area contributed by atoms with Crippen molar-refractivity contribution in [2.75, 3.05) is 7.11 Å². The summed E-state index contributed by atoms with van der Waals surface area (Å²) in [4.78, 5) is 20.8. The highest BCUT2D eigenvalue weighted by atomic mass is 19.1. The first-order valence-corrected chi connectivity index (χ1v) is 4.00. The minimum absolute atomic E-state index is 0.206. The van der Waals surface area contributed by atoms with Gasteiger partial charge in [0.1, 0.15) is 5.82 Å². The van der Waals surface area contributed by atoms with Gasteiger partial charge in [0.25, 0.3) is 0 Å². The van der Waals surface area contributed by atoms with Gasteiger partial charge in [-0.25, -0.2) is 4.39 Å². The maximum atomic E-state index is 13.2. The quantitative estimate of drug-likeness (QED) is 0.437. The van der Waals surface area contributed by atoms with E-state index in [0.29, 0.717) is 0 Å². The van der Waals surface area contributed by atoms with E-state index >= 15 is 0 Å². The van der Waals surface area contributed by atoms with E-state index in [2.05, 4.69) is 4.74 Å². The van der Waals surface area contributed by atoms with Crippen molar-refractivity contribution in [2.45, 2.75) is 6.92 Å². The van der Waals surface area contributed by atoms with Crippen LogP contribution in [-0.2, 0) is 0 Å². The molecule has 0 aliphatic heterocycles. The molecule has 80 valence electrons. The molecule has 5 nitrogen and oxygen atoms in total. The molecule has 0 amide bonds. The maximum Gasteiger partial charge on any atom is 0.311 e.